The van der Waals surface area contributed by atoms with Crippen LogP contribution in [-0.4, -0.2) is 48.0 Å². The number of aromatic nitrogens is 1. The van der Waals surface area contributed by atoms with Crippen molar-refractivity contribution in [2.75, 3.05) is 20.3 Å². The smallest absolute Gasteiger partial charge is 0.242 e. The van der Waals surface area contributed by atoms with Gasteiger partial charge in [-0.1, -0.05) is 26.0 Å². The fourth-order valence-corrected chi connectivity index (χ4v) is 3.83. The number of amides is 2. The monoisotopic (exact) mass is 439 g/mol. The predicted molar refractivity (Wildman–Crippen MR) is 122 cm³/mol. The number of pyridine rings is 1. The molecule has 0 unspecified atom stereocenters. The maximum absolute atomic E-state index is 13.0. The first-order valence-electron chi connectivity index (χ1n) is 11.3. The highest BCUT2D eigenvalue weighted by Gasteiger charge is 2.32. The summed E-state index contributed by atoms with van der Waals surface area (Å²) in [5, 5.41) is 2.94. The molecule has 2 heterocycles. The van der Waals surface area contributed by atoms with E-state index in [1.807, 2.05) is 50.2 Å². The molecule has 7 heteroatoms. The molecule has 1 atom stereocenters. The van der Waals surface area contributed by atoms with Gasteiger partial charge in [-0.15, -0.1) is 0 Å². The standard InChI is InChI=1S/C25H33N3O4/c1-18(2)25(30)28(21-9-5-7-14-27-24(21)29)17-19-10-11-22(23(16-19)31-3)32-15-12-20-8-4-6-13-26-20/h4,6,8,10-11,13,16,18,21H,5,7,9,12,14-15,17H2,1-3H3,(H,27,29)/t21-/m0/s1. The third kappa shape index (κ3) is 6.22. The zero-order chi connectivity index (χ0) is 22.9. The van der Waals surface area contributed by atoms with E-state index in [2.05, 4.69) is 10.3 Å². The second kappa shape index (κ2) is 11.5. The Bertz CT molecular complexity index is 901. The Labute approximate surface area is 190 Å². The van der Waals surface area contributed by atoms with Gasteiger partial charge < -0.3 is 19.7 Å². The molecule has 2 aromatic rings. The molecule has 1 aromatic heterocycles. The fourth-order valence-electron chi connectivity index (χ4n) is 3.83. The number of carbonyl (C=O) groups excluding carboxylic acids is 2. The number of benzene rings is 1. The molecule has 0 spiro atoms. The predicted octanol–water partition coefficient (Wildman–Crippen LogP) is 3.37. The number of carbonyl (C=O) groups is 2. The molecular weight excluding hydrogens is 406 g/mol. The molecule has 0 aliphatic carbocycles. The van der Waals surface area contributed by atoms with E-state index in [4.69, 9.17) is 9.47 Å². The van der Waals surface area contributed by atoms with E-state index < -0.39 is 6.04 Å². The van der Waals surface area contributed by atoms with Gasteiger partial charge in [0.2, 0.25) is 11.8 Å². The Kier molecular flexibility index (Phi) is 8.48. The molecule has 1 aromatic carbocycles. The average molecular weight is 440 g/mol. The maximum atomic E-state index is 13.0. The molecule has 1 N–H and O–H groups in total. The summed E-state index contributed by atoms with van der Waals surface area (Å²) in [5.41, 5.74) is 1.86. The highest BCUT2D eigenvalue weighted by Crippen LogP contribution is 2.29. The highest BCUT2D eigenvalue weighted by molar-refractivity contribution is 5.88. The van der Waals surface area contributed by atoms with E-state index in [1.54, 1.807) is 18.2 Å². The zero-order valence-corrected chi connectivity index (χ0v) is 19.2. The van der Waals surface area contributed by atoms with Crippen LogP contribution in [0, 0.1) is 5.92 Å². The SMILES string of the molecule is COc1cc(CN(C(=O)C(C)C)[C@H]2CCCCNC2=O)ccc1OCCc1ccccn1. The summed E-state index contributed by atoms with van der Waals surface area (Å²) < 4.78 is 11.5. The van der Waals surface area contributed by atoms with E-state index in [0.29, 0.717) is 44.0 Å². The summed E-state index contributed by atoms with van der Waals surface area (Å²) in [5.74, 6) is 0.953. The Morgan fingerprint density at radius 1 is 1.22 bits per heavy atom. The average Bonchev–Trinajstić information content (AvgIpc) is 3.02. The minimum atomic E-state index is -0.451. The molecule has 3 rings (SSSR count). The van der Waals surface area contributed by atoms with Crippen molar-refractivity contribution in [2.45, 2.75) is 52.1 Å². The zero-order valence-electron chi connectivity index (χ0n) is 19.2. The van der Waals surface area contributed by atoms with Gasteiger partial charge in [-0.05, 0) is 49.1 Å². The summed E-state index contributed by atoms with van der Waals surface area (Å²) in [6.07, 6.45) is 4.99. The summed E-state index contributed by atoms with van der Waals surface area (Å²) in [7, 11) is 1.60. The van der Waals surface area contributed by atoms with Crippen molar-refractivity contribution in [1.82, 2.24) is 15.2 Å². The van der Waals surface area contributed by atoms with Gasteiger partial charge in [0.1, 0.15) is 6.04 Å². The number of ether oxygens (including phenoxy) is 2. The normalized spacial score (nSPS) is 16.2. The number of nitrogens with one attached hydrogen (secondary N) is 1. The lowest BCUT2D eigenvalue weighted by Gasteiger charge is -2.31. The van der Waals surface area contributed by atoms with Gasteiger partial charge in [0.15, 0.2) is 11.5 Å². The van der Waals surface area contributed by atoms with Crippen LogP contribution >= 0.6 is 0 Å². The summed E-state index contributed by atoms with van der Waals surface area (Å²) in [6.45, 7) is 5.22. The van der Waals surface area contributed by atoms with Crippen LogP contribution in [0.5, 0.6) is 11.5 Å². The van der Waals surface area contributed by atoms with Crippen LogP contribution in [0.3, 0.4) is 0 Å². The molecule has 172 valence electrons. The van der Waals surface area contributed by atoms with Gasteiger partial charge in [-0.25, -0.2) is 0 Å². The quantitative estimate of drug-likeness (QED) is 0.648. The molecule has 2 amide bonds. The van der Waals surface area contributed by atoms with Crippen LogP contribution < -0.4 is 14.8 Å². The molecule has 1 fully saturated rings. The highest BCUT2D eigenvalue weighted by atomic mass is 16.5. The maximum Gasteiger partial charge on any atom is 0.242 e. The van der Waals surface area contributed by atoms with Crippen LogP contribution in [-0.2, 0) is 22.6 Å². The van der Waals surface area contributed by atoms with Crippen LogP contribution in [0.2, 0.25) is 0 Å². The lowest BCUT2D eigenvalue weighted by molar-refractivity contribution is -0.143. The Morgan fingerprint density at radius 3 is 2.78 bits per heavy atom. The number of hydrogen-bond acceptors (Lipinski definition) is 5. The van der Waals surface area contributed by atoms with Gasteiger partial charge in [-0.3, -0.25) is 14.6 Å². The summed E-state index contributed by atoms with van der Waals surface area (Å²) in [6, 6.07) is 11.0. The first-order valence-corrected chi connectivity index (χ1v) is 11.3. The Balaban J connectivity index is 1.73. The topological polar surface area (TPSA) is 80.8 Å². The minimum absolute atomic E-state index is 0.0262. The molecule has 0 bridgehead atoms. The van der Waals surface area contributed by atoms with Crippen LogP contribution in [0.1, 0.15) is 44.4 Å². The number of rotatable bonds is 9. The molecule has 0 saturated carbocycles. The van der Waals surface area contributed by atoms with Gasteiger partial charge >= 0.3 is 0 Å². The van der Waals surface area contributed by atoms with Crippen LogP contribution in [0.4, 0.5) is 0 Å². The van der Waals surface area contributed by atoms with Crippen LogP contribution in [0.25, 0.3) is 0 Å². The third-order valence-corrected chi connectivity index (χ3v) is 5.58. The summed E-state index contributed by atoms with van der Waals surface area (Å²) in [4.78, 5) is 31.6. The Hall–Kier alpha value is -3.09. The first-order chi connectivity index (χ1) is 15.5. The molecule has 1 aliphatic rings. The van der Waals surface area contributed by atoms with Crippen molar-refractivity contribution >= 4 is 11.8 Å². The largest absolute Gasteiger partial charge is 0.493 e. The lowest BCUT2D eigenvalue weighted by atomic mass is 10.0. The Morgan fingerprint density at radius 2 is 2.06 bits per heavy atom. The van der Waals surface area contributed by atoms with Crippen molar-refractivity contribution in [3.8, 4) is 11.5 Å². The fraction of sp³-hybridized carbons (Fsp3) is 0.480. The van der Waals surface area contributed by atoms with Crippen molar-refractivity contribution in [1.29, 1.82) is 0 Å². The molecular formula is C25H33N3O4. The second-order valence-corrected chi connectivity index (χ2v) is 8.33. The molecule has 1 aliphatic heterocycles. The van der Waals surface area contributed by atoms with Crippen molar-refractivity contribution in [3.63, 3.8) is 0 Å². The van der Waals surface area contributed by atoms with E-state index in [-0.39, 0.29) is 17.7 Å². The van der Waals surface area contributed by atoms with Gasteiger partial charge in [0.25, 0.3) is 0 Å². The summed E-state index contributed by atoms with van der Waals surface area (Å²) >= 11 is 0. The van der Waals surface area contributed by atoms with Crippen LogP contribution in [0.15, 0.2) is 42.6 Å². The third-order valence-electron chi connectivity index (χ3n) is 5.58. The molecule has 7 nitrogen and oxygen atoms in total. The van der Waals surface area contributed by atoms with Gasteiger partial charge in [0.05, 0.1) is 13.7 Å². The van der Waals surface area contributed by atoms with Crippen molar-refractivity contribution in [2.24, 2.45) is 5.92 Å². The lowest BCUT2D eigenvalue weighted by Crippen LogP contribution is -2.49. The number of hydrogen-bond donors (Lipinski definition) is 1. The number of methoxy groups -OCH3 is 1. The number of nitrogens with zero attached hydrogens (tertiary/aromatic N) is 2. The van der Waals surface area contributed by atoms with E-state index in [1.165, 1.54) is 0 Å². The molecule has 0 radical (unpaired) electrons. The van der Waals surface area contributed by atoms with Crippen molar-refractivity contribution in [3.05, 3.63) is 53.9 Å². The second-order valence-electron chi connectivity index (χ2n) is 8.33. The van der Waals surface area contributed by atoms with Gasteiger partial charge in [0, 0.05) is 37.3 Å². The minimum Gasteiger partial charge on any atom is -0.493 e. The van der Waals surface area contributed by atoms with E-state index >= 15 is 0 Å². The van der Waals surface area contributed by atoms with E-state index in [9.17, 15) is 9.59 Å². The molecule has 1 saturated heterocycles. The molecule has 32 heavy (non-hydrogen) atoms. The van der Waals surface area contributed by atoms with Crippen molar-refractivity contribution < 1.29 is 19.1 Å². The van der Waals surface area contributed by atoms with Gasteiger partial charge in [-0.2, -0.15) is 0 Å². The van der Waals surface area contributed by atoms with E-state index in [0.717, 1.165) is 24.1 Å². The first kappa shape index (κ1) is 23.6.